The van der Waals surface area contributed by atoms with Crippen LogP contribution in [-0.4, -0.2) is 0 Å². The molecule has 1 nitrogen and oxygen atoms in total. The molecule has 0 saturated carbocycles. The summed E-state index contributed by atoms with van der Waals surface area (Å²) in [5.41, 5.74) is 23.1. The molecule has 0 amide bonds. The van der Waals surface area contributed by atoms with E-state index in [1.54, 1.807) is 0 Å². The van der Waals surface area contributed by atoms with E-state index in [0.717, 1.165) is 17.1 Å². The molecule has 340 valence electrons. The van der Waals surface area contributed by atoms with Crippen LogP contribution in [0, 0.1) is 0 Å². The lowest BCUT2D eigenvalue weighted by Crippen LogP contribution is -2.28. The van der Waals surface area contributed by atoms with Gasteiger partial charge in [0.05, 0.1) is 5.41 Å². The van der Waals surface area contributed by atoms with Crippen molar-refractivity contribution in [3.8, 4) is 55.6 Å². The fraction of sp³-hybridized carbons (Fsp3) is 0.0571. The Hall–Kier alpha value is -8.56. The lowest BCUT2D eigenvalue weighted by molar-refractivity contribution is 0.660. The SMILES string of the molecule is CC1(C)c2ccccc2-c2ccc(N(c3ccc(-c4ccc5c(c4)sc4ccccc45)cc3)c3ccc(-c4cccc5c4-c4ccccc4C5(c4ccccc4)c4ccc(-c5ccccc5)cc4)cc3)cc21. The van der Waals surface area contributed by atoms with Crippen molar-refractivity contribution in [1.29, 1.82) is 0 Å². The maximum atomic E-state index is 2.44. The van der Waals surface area contributed by atoms with Gasteiger partial charge in [0.1, 0.15) is 0 Å². The van der Waals surface area contributed by atoms with Crippen LogP contribution in [0.25, 0.3) is 75.8 Å². The monoisotopic (exact) mass is 935 g/mol. The van der Waals surface area contributed by atoms with E-state index in [0.29, 0.717) is 0 Å². The molecule has 14 rings (SSSR count). The fourth-order valence-corrected chi connectivity index (χ4v) is 13.5. The van der Waals surface area contributed by atoms with E-state index in [9.17, 15) is 0 Å². The van der Waals surface area contributed by atoms with Crippen molar-refractivity contribution in [2.75, 3.05) is 4.90 Å². The average molecular weight is 936 g/mol. The van der Waals surface area contributed by atoms with Gasteiger partial charge in [0.15, 0.2) is 0 Å². The first-order valence-corrected chi connectivity index (χ1v) is 25.9. The molecule has 2 aliphatic rings. The highest BCUT2D eigenvalue weighted by Gasteiger charge is 2.47. The summed E-state index contributed by atoms with van der Waals surface area (Å²) in [7, 11) is 0. The van der Waals surface area contributed by atoms with Crippen molar-refractivity contribution in [3.05, 3.63) is 294 Å². The van der Waals surface area contributed by atoms with Crippen molar-refractivity contribution in [3.63, 3.8) is 0 Å². The van der Waals surface area contributed by atoms with Crippen LogP contribution in [0.1, 0.15) is 47.2 Å². The van der Waals surface area contributed by atoms with Crippen molar-refractivity contribution < 1.29 is 0 Å². The van der Waals surface area contributed by atoms with Gasteiger partial charge in [0.2, 0.25) is 0 Å². The van der Waals surface area contributed by atoms with Gasteiger partial charge in [-0.25, -0.2) is 0 Å². The minimum Gasteiger partial charge on any atom is -0.310 e. The molecule has 11 aromatic carbocycles. The van der Waals surface area contributed by atoms with E-state index in [2.05, 4.69) is 280 Å². The second-order valence-electron chi connectivity index (χ2n) is 20.0. The molecule has 2 heteroatoms. The number of hydrogen-bond donors (Lipinski definition) is 0. The first kappa shape index (κ1) is 42.3. The number of thiophene rings is 1. The van der Waals surface area contributed by atoms with E-state index in [1.165, 1.54) is 109 Å². The fourth-order valence-electron chi connectivity index (χ4n) is 12.4. The number of anilines is 3. The van der Waals surface area contributed by atoms with Crippen molar-refractivity contribution in [2.45, 2.75) is 24.7 Å². The van der Waals surface area contributed by atoms with Crippen LogP contribution >= 0.6 is 11.3 Å². The van der Waals surface area contributed by atoms with Gasteiger partial charge in [-0.2, -0.15) is 0 Å². The molecule has 0 spiro atoms. The quantitative estimate of drug-likeness (QED) is 0.147. The van der Waals surface area contributed by atoms with Crippen molar-refractivity contribution >= 4 is 48.6 Å². The van der Waals surface area contributed by atoms with Crippen LogP contribution in [0.4, 0.5) is 17.1 Å². The average Bonchev–Trinajstić information content (AvgIpc) is 4.05. The molecular weight excluding hydrogens is 887 g/mol. The second-order valence-corrected chi connectivity index (χ2v) is 21.1. The number of hydrogen-bond acceptors (Lipinski definition) is 2. The standard InChI is InChI=1S/C70H49NS/c1-69(2)62-24-12-9-20-57(62)58-43-41-55(45-65(58)69)71(53-37-30-48(31-38-53)50-34-42-60-59-21-11-14-27-66(59)72-67(60)44-50)54-39-32-49(33-40-54)56-23-15-26-64-68(56)61-22-10-13-25-63(61)70(64,51-18-7-4-8-19-51)52-35-28-47(29-36-52)46-16-5-3-6-17-46/h3-45H,1-2H3. The van der Waals surface area contributed by atoms with E-state index in [-0.39, 0.29) is 5.41 Å². The molecule has 0 saturated heterocycles. The minimum atomic E-state index is -0.508. The smallest absolute Gasteiger partial charge is 0.0713 e. The Morgan fingerprint density at radius 3 is 1.58 bits per heavy atom. The normalized spacial score (nSPS) is 15.0. The molecule has 0 radical (unpaired) electrons. The molecule has 0 N–H and O–H groups in total. The van der Waals surface area contributed by atoms with Crippen LogP contribution in [0.2, 0.25) is 0 Å². The highest BCUT2D eigenvalue weighted by molar-refractivity contribution is 7.25. The van der Waals surface area contributed by atoms with Gasteiger partial charge in [0.25, 0.3) is 0 Å². The van der Waals surface area contributed by atoms with Crippen LogP contribution in [0.5, 0.6) is 0 Å². The number of nitrogens with zero attached hydrogens (tertiary/aromatic N) is 1. The molecule has 72 heavy (non-hydrogen) atoms. The highest BCUT2D eigenvalue weighted by atomic mass is 32.1. The molecule has 12 aromatic rings. The van der Waals surface area contributed by atoms with Crippen molar-refractivity contribution in [1.82, 2.24) is 0 Å². The van der Waals surface area contributed by atoms with Crippen molar-refractivity contribution in [2.24, 2.45) is 0 Å². The summed E-state index contributed by atoms with van der Waals surface area (Å²) in [6.07, 6.45) is 0. The third-order valence-electron chi connectivity index (χ3n) is 15.8. The molecule has 1 unspecified atom stereocenters. The minimum absolute atomic E-state index is 0.130. The molecule has 0 aliphatic heterocycles. The number of benzene rings is 11. The van der Waals surface area contributed by atoms with Crippen LogP contribution < -0.4 is 4.90 Å². The number of rotatable bonds is 8. The van der Waals surface area contributed by atoms with Gasteiger partial charge in [-0.05, 0) is 138 Å². The Bertz CT molecular complexity index is 4030. The summed E-state index contributed by atoms with van der Waals surface area (Å²) < 4.78 is 2.64. The molecule has 1 aromatic heterocycles. The largest absolute Gasteiger partial charge is 0.310 e. The second kappa shape index (κ2) is 16.5. The summed E-state index contributed by atoms with van der Waals surface area (Å²) in [6.45, 7) is 4.73. The van der Waals surface area contributed by atoms with Crippen LogP contribution in [0.15, 0.2) is 261 Å². The van der Waals surface area contributed by atoms with Gasteiger partial charge in [0, 0.05) is 42.6 Å². The maximum absolute atomic E-state index is 2.44. The first-order valence-electron chi connectivity index (χ1n) is 25.1. The van der Waals surface area contributed by atoms with Crippen LogP contribution in [0.3, 0.4) is 0 Å². The van der Waals surface area contributed by atoms with Gasteiger partial charge in [-0.15, -0.1) is 11.3 Å². The summed E-state index contributed by atoms with van der Waals surface area (Å²) in [5.74, 6) is 0. The summed E-state index contributed by atoms with van der Waals surface area (Å²) in [6, 6.07) is 97.2. The van der Waals surface area contributed by atoms with E-state index in [4.69, 9.17) is 0 Å². The van der Waals surface area contributed by atoms with Gasteiger partial charge in [-0.1, -0.05) is 226 Å². The molecular formula is C70H49NS. The van der Waals surface area contributed by atoms with Gasteiger partial charge >= 0.3 is 0 Å². The zero-order chi connectivity index (χ0) is 48.0. The predicted octanol–water partition coefficient (Wildman–Crippen LogP) is 19.2. The zero-order valence-corrected chi connectivity index (χ0v) is 41.0. The highest BCUT2D eigenvalue weighted by Crippen LogP contribution is 2.59. The lowest BCUT2D eigenvalue weighted by atomic mass is 9.67. The molecule has 1 heterocycles. The summed E-state index contributed by atoms with van der Waals surface area (Å²) in [4.78, 5) is 2.44. The Morgan fingerprint density at radius 1 is 0.306 bits per heavy atom. The molecule has 0 bridgehead atoms. The molecule has 2 aliphatic carbocycles. The van der Waals surface area contributed by atoms with E-state index < -0.39 is 5.41 Å². The topological polar surface area (TPSA) is 3.24 Å². The third kappa shape index (κ3) is 6.46. The Balaban J connectivity index is 0.888. The zero-order valence-electron chi connectivity index (χ0n) is 40.2. The first-order chi connectivity index (χ1) is 35.4. The number of fused-ring (bicyclic) bond motifs is 9. The third-order valence-corrected chi connectivity index (χ3v) is 16.9. The van der Waals surface area contributed by atoms with E-state index in [1.807, 2.05) is 11.3 Å². The van der Waals surface area contributed by atoms with E-state index >= 15 is 0 Å². The Kier molecular flexibility index (Phi) is 9.71. The summed E-state index contributed by atoms with van der Waals surface area (Å²) >= 11 is 1.87. The predicted molar refractivity (Wildman–Crippen MR) is 305 cm³/mol. The lowest BCUT2D eigenvalue weighted by Gasteiger charge is -2.34. The molecule has 1 atom stereocenters. The maximum Gasteiger partial charge on any atom is 0.0713 e. The molecule has 0 fully saturated rings. The van der Waals surface area contributed by atoms with Crippen LogP contribution in [-0.2, 0) is 10.8 Å². The van der Waals surface area contributed by atoms with Gasteiger partial charge < -0.3 is 4.90 Å². The van der Waals surface area contributed by atoms with Gasteiger partial charge in [-0.3, -0.25) is 0 Å². The Morgan fingerprint density at radius 2 is 0.819 bits per heavy atom. The summed E-state index contributed by atoms with van der Waals surface area (Å²) in [5, 5.41) is 2.65. The Labute approximate surface area is 425 Å².